The molecule has 2 saturated heterocycles. The van der Waals surface area contributed by atoms with Gasteiger partial charge in [0.2, 0.25) is 17.5 Å². The molecule has 2 aliphatic rings. The highest BCUT2D eigenvalue weighted by Gasteiger charge is 2.30. The van der Waals surface area contributed by atoms with Crippen LogP contribution in [0.5, 0.6) is 0 Å². The molecule has 1 N–H and O–H groups in total. The number of carbonyl (C=O) groups is 1. The molecule has 2 aromatic heterocycles. The van der Waals surface area contributed by atoms with E-state index in [1.165, 1.54) is 19.4 Å². The molecule has 0 atom stereocenters. The number of piperidine rings is 2. The summed E-state index contributed by atoms with van der Waals surface area (Å²) in [4.78, 5) is 21.6. The van der Waals surface area contributed by atoms with Crippen LogP contribution in [0.2, 0.25) is 0 Å². The molecule has 4 rings (SSSR count). The summed E-state index contributed by atoms with van der Waals surface area (Å²) in [5.74, 6) is 1.44. The monoisotopic (exact) mass is 425 g/mol. The lowest BCUT2D eigenvalue weighted by molar-refractivity contribution is -0.126. The van der Waals surface area contributed by atoms with E-state index in [1.807, 2.05) is 4.90 Å². The quantitative estimate of drug-likeness (QED) is 0.726. The molecule has 0 spiro atoms. The van der Waals surface area contributed by atoms with Crippen LogP contribution in [-0.4, -0.2) is 54.6 Å². The molecule has 166 valence electrons. The number of rotatable bonds is 7. The number of amides is 1. The van der Waals surface area contributed by atoms with Crippen LogP contribution >= 0.6 is 0 Å². The van der Waals surface area contributed by atoms with Crippen molar-refractivity contribution in [1.82, 2.24) is 15.2 Å². The fourth-order valence-electron chi connectivity index (χ4n) is 4.45. The molecule has 0 bridgehead atoms. The number of furan rings is 1. The first-order chi connectivity index (χ1) is 15.2. The largest absolute Gasteiger partial charge is 0.459 e. The maximum Gasteiger partial charge on any atom is 0.266 e. The second kappa shape index (κ2) is 10.0. The topological polar surface area (TPSA) is 98.5 Å². The minimum Gasteiger partial charge on any atom is -0.459 e. The molecule has 0 aliphatic carbocycles. The van der Waals surface area contributed by atoms with Gasteiger partial charge in [0.05, 0.1) is 6.26 Å². The molecule has 8 heteroatoms. The number of carbonyl (C=O) groups excluding carboxylic acids is 1. The smallest absolute Gasteiger partial charge is 0.266 e. The molecule has 0 saturated carbocycles. The van der Waals surface area contributed by atoms with Crippen LogP contribution in [0, 0.1) is 17.2 Å². The van der Waals surface area contributed by atoms with E-state index in [0.717, 1.165) is 38.8 Å². The zero-order valence-electron chi connectivity index (χ0n) is 18.2. The third kappa shape index (κ3) is 5.10. The second-order valence-corrected chi connectivity index (χ2v) is 8.50. The molecular formula is C23H31N5O3. The molecule has 2 aliphatic heterocycles. The normalized spacial score (nSPS) is 18.8. The van der Waals surface area contributed by atoms with E-state index in [4.69, 9.17) is 8.83 Å². The van der Waals surface area contributed by atoms with Gasteiger partial charge in [-0.25, -0.2) is 0 Å². The minimum atomic E-state index is 0.00683. The molecule has 0 unspecified atom stereocenters. The Kier molecular flexibility index (Phi) is 6.92. The highest BCUT2D eigenvalue weighted by Crippen LogP contribution is 2.31. The summed E-state index contributed by atoms with van der Waals surface area (Å²) in [5, 5.41) is 12.7. The van der Waals surface area contributed by atoms with Crippen molar-refractivity contribution in [2.45, 2.75) is 51.5 Å². The minimum absolute atomic E-state index is 0.00683. The molecule has 1 amide bonds. The predicted octanol–water partition coefficient (Wildman–Crippen LogP) is 3.40. The Morgan fingerprint density at radius 2 is 2.03 bits per heavy atom. The summed E-state index contributed by atoms with van der Waals surface area (Å²) in [6, 6.07) is 5.90. The number of aromatic nitrogens is 1. The third-order valence-electron chi connectivity index (χ3n) is 6.36. The van der Waals surface area contributed by atoms with Gasteiger partial charge in [0.25, 0.3) is 5.89 Å². The summed E-state index contributed by atoms with van der Waals surface area (Å²) in [6.45, 7) is 6.86. The van der Waals surface area contributed by atoms with Crippen molar-refractivity contribution in [1.29, 1.82) is 5.26 Å². The van der Waals surface area contributed by atoms with E-state index in [2.05, 4.69) is 28.2 Å². The predicted molar refractivity (Wildman–Crippen MR) is 116 cm³/mol. The number of hydrogen-bond donors (Lipinski definition) is 1. The highest BCUT2D eigenvalue weighted by molar-refractivity contribution is 5.79. The van der Waals surface area contributed by atoms with Gasteiger partial charge < -0.3 is 24.0 Å². The Balaban J connectivity index is 1.27. The lowest BCUT2D eigenvalue weighted by Gasteiger charge is -2.35. The van der Waals surface area contributed by atoms with Gasteiger partial charge in [0.15, 0.2) is 5.76 Å². The summed E-state index contributed by atoms with van der Waals surface area (Å²) in [5.41, 5.74) is 0.254. The fraction of sp³-hybridized carbons (Fsp3) is 0.609. The Hall–Kier alpha value is -2.79. The zero-order chi connectivity index (χ0) is 21.6. The van der Waals surface area contributed by atoms with Crippen molar-refractivity contribution >= 4 is 11.8 Å². The van der Waals surface area contributed by atoms with E-state index < -0.39 is 0 Å². The summed E-state index contributed by atoms with van der Waals surface area (Å²) >= 11 is 0. The van der Waals surface area contributed by atoms with Crippen LogP contribution in [0.25, 0.3) is 11.7 Å². The first-order valence-electron chi connectivity index (χ1n) is 11.4. The number of unbranched alkanes of at least 4 members (excludes halogenated alkanes) is 1. The van der Waals surface area contributed by atoms with E-state index in [9.17, 15) is 10.1 Å². The number of anilines is 1. The second-order valence-electron chi connectivity index (χ2n) is 8.50. The van der Waals surface area contributed by atoms with E-state index in [0.29, 0.717) is 36.7 Å². The first-order valence-corrected chi connectivity index (χ1v) is 11.4. The van der Waals surface area contributed by atoms with Gasteiger partial charge in [0, 0.05) is 38.1 Å². The average molecular weight is 426 g/mol. The molecule has 4 heterocycles. The number of oxazole rings is 1. The lowest BCUT2D eigenvalue weighted by Crippen LogP contribution is -2.48. The van der Waals surface area contributed by atoms with E-state index in [1.54, 1.807) is 18.4 Å². The SMILES string of the molecule is CCCCN1CCC(NC(=O)C2CCN(c3oc(-c4ccco4)nc3C#N)CC2)CC1. The van der Waals surface area contributed by atoms with Crippen LogP contribution in [0.3, 0.4) is 0 Å². The van der Waals surface area contributed by atoms with Crippen molar-refractivity contribution < 1.29 is 13.6 Å². The van der Waals surface area contributed by atoms with Crippen molar-refractivity contribution in [2.75, 3.05) is 37.6 Å². The van der Waals surface area contributed by atoms with Gasteiger partial charge >= 0.3 is 0 Å². The van der Waals surface area contributed by atoms with Gasteiger partial charge in [-0.3, -0.25) is 4.79 Å². The number of nitriles is 1. The number of nitrogens with zero attached hydrogens (tertiary/aromatic N) is 4. The fourth-order valence-corrected chi connectivity index (χ4v) is 4.45. The van der Waals surface area contributed by atoms with Gasteiger partial charge in [-0.2, -0.15) is 10.2 Å². The Bertz CT molecular complexity index is 885. The van der Waals surface area contributed by atoms with E-state index in [-0.39, 0.29) is 17.5 Å². The molecule has 31 heavy (non-hydrogen) atoms. The molecule has 2 fully saturated rings. The van der Waals surface area contributed by atoms with Gasteiger partial charge in [-0.15, -0.1) is 0 Å². The van der Waals surface area contributed by atoms with Crippen molar-refractivity contribution in [3.8, 4) is 17.7 Å². The maximum absolute atomic E-state index is 12.8. The van der Waals surface area contributed by atoms with Crippen molar-refractivity contribution in [2.24, 2.45) is 5.92 Å². The molecule has 2 aromatic rings. The summed E-state index contributed by atoms with van der Waals surface area (Å²) in [6.07, 6.45) is 7.57. The third-order valence-corrected chi connectivity index (χ3v) is 6.36. The first kappa shape index (κ1) is 21.4. The van der Waals surface area contributed by atoms with Gasteiger partial charge in [0.1, 0.15) is 6.07 Å². The van der Waals surface area contributed by atoms with Crippen LogP contribution in [0.15, 0.2) is 27.2 Å². The summed E-state index contributed by atoms with van der Waals surface area (Å²) in [7, 11) is 0. The van der Waals surface area contributed by atoms with Crippen LogP contribution in [-0.2, 0) is 4.79 Å². The maximum atomic E-state index is 12.8. The Labute approximate surface area is 183 Å². The average Bonchev–Trinajstić information content (AvgIpc) is 3.48. The van der Waals surface area contributed by atoms with Crippen LogP contribution < -0.4 is 10.2 Å². The molecule has 8 nitrogen and oxygen atoms in total. The lowest BCUT2D eigenvalue weighted by atomic mass is 9.94. The molecule has 0 radical (unpaired) electrons. The Morgan fingerprint density at radius 3 is 2.68 bits per heavy atom. The standard InChI is InChI=1S/C23H31N5O3/c1-2-3-10-27-11-8-18(9-12-27)25-21(29)17-6-13-28(14-7-17)23-19(16-24)26-22(31-23)20-5-4-15-30-20/h4-5,15,17-18H,2-3,6-14H2,1H3,(H,25,29). The van der Waals surface area contributed by atoms with Crippen molar-refractivity contribution in [3.63, 3.8) is 0 Å². The zero-order valence-corrected chi connectivity index (χ0v) is 18.2. The van der Waals surface area contributed by atoms with Crippen LogP contribution in [0.4, 0.5) is 5.88 Å². The Morgan fingerprint density at radius 1 is 1.26 bits per heavy atom. The van der Waals surface area contributed by atoms with Gasteiger partial charge in [-0.1, -0.05) is 13.3 Å². The number of likely N-dealkylation sites (tertiary alicyclic amines) is 1. The highest BCUT2D eigenvalue weighted by atomic mass is 16.4. The molecular weight excluding hydrogens is 394 g/mol. The van der Waals surface area contributed by atoms with E-state index >= 15 is 0 Å². The van der Waals surface area contributed by atoms with Crippen molar-refractivity contribution in [3.05, 3.63) is 24.1 Å². The number of hydrogen-bond acceptors (Lipinski definition) is 7. The molecule has 0 aromatic carbocycles. The van der Waals surface area contributed by atoms with Crippen LogP contribution in [0.1, 0.15) is 51.1 Å². The summed E-state index contributed by atoms with van der Waals surface area (Å²) < 4.78 is 11.2. The van der Waals surface area contributed by atoms with Gasteiger partial charge in [-0.05, 0) is 50.8 Å². The number of nitrogens with one attached hydrogen (secondary N) is 1.